The molecule has 106 valence electrons. The fourth-order valence-electron chi connectivity index (χ4n) is 1.86. The predicted molar refractivity (Wildman–Crippen MR) is 78.5 cm³/mol. The lowest BCUT2D eigenvalue weighted by Crippen LogP contribution is -2.10. The van der Waals surface area contributed by atoms with Gasteiger partial charge in [-0.3, -0.25) is 0 Å². The zero-order valence-corrected chi connectivity index (χ0v) is 11.9. The number of rotatable bonds is 4. The molecule has 4 nitrogen and oxygen atoms in total. The van der Waals surface area contributed by atoms with Crippen LogP contribution in [0.2, 0.25) is 0 Å². The Balaban J connectivity index is 2.26. The molecule has 0 atom stereocenters. The van der Waals surface area contributed by atoms with Crippen molar-refractivity contribution in [2.45, 2.75) is 13.8 Å². The molecule has 0 spiro atoms. The van der Waals surface area contributed by atoms with Crippen molar-refractivity contribution in [1.82, 2.24) is 0 Å². The van der Waals surface area contributed by atoms with E-state index in [1.807, 2.05) is 26.0 Å². The summed E-state index contributed by atoms with van der Waals surface area (Å²) < 4.78 is 10.8. The molecule has 21 heavy (non-hydrogen) atoms. The van der Waals surface area contributed by atoms with Gasteiger partial charge in [0.1, 0.15) is 0 Å². The number of carbonyl (C=O) groups excluding carboxylic acids is 1. The topological polar surface area (TPSA) is 59.3 Å². The Morgan fingerprint density at radius 1 is 1.19 bits per heavy atom. The van der Waals surface area contributed by atoms with Crippen molar-refractivity contribution in [3.05, 3.63) is 59.2 Å². The Morgan fingerprint density at radius 3 is 2.67 bits per heavy atom. The van der Waals surface area contributed by atoms with Crippen LogP contribution in [-0.4, -0.2) is 12.6 Å². The molecule has 0 saturated heterocycles. The number of hydrogen-bond donors (Lipinski definition) is 0. The lowest BCUT2D eigenvalue weighted by molar-refractivity contribution is 0.0728. The third-order valence-corrected chi connectivity index (χ3v) is 2.83. The van der Waals surface area contributed by atoms with Crippen molar-refractivity contribution >= 4 is 5.97 Å². The predicted octanol–water partition coefficient (Wildman–Crippen LogP) is 3.48. The summed E-state index contributed by atoms with van der Waals surface area (Å²) in [5.74, 6) is 0.240. The minimum Gasteiger partial charge on any atom is -0.490 e. The molecule has 2 rings (SSSR count). The van der Waals surface area contributed by atoms with E-state index in [4.69, 9.17) is 14.7 Å². The molecule has 0 radical (unpaired) electrons. The van der Waals surface area contributed by atoms with Crippen LogP contribution in [0.3, 0.4) is 0 Å². The van der Waals surface area contributed by atoms with Gasteiger partial charge in [0.15, 0.2) is 11.5 Å². The molecule has 0 aliphatic carbocycles. The van der Waals surface area contributed by atoms with Gasteiger partial charge in [-0.05, 0) is 38.1 Å². The van der Waals surface area contributed by atoms with Crippen LogP contribution in [0.1, 0.15) is 28.4 Å². The second-order valence-corrected chi connectivity index (χ2v) is 4.47. The highest BCUT2D eigenvalue weighted by atomic mass is 16.6. The quantitative estimate of drug-likeness (QED) is 0.636. The summed E-state index contributed by atoms with van der Waals surface area (Å²) in [7, 11) is 0. The van der Waals surface area contributed by atoms with Crippen molar-refractivity contribution in [3.63, 3.8) is 0 Å². The number of carbonyl (C=O) groups is 1. The Hall–Kier alpha value is -2.80. The fraction of sp³-hybridized carbons (Fsp3) is 0.176. The van der Waals surface area contributed by atoms with Crippen LogP contribution >= 0.6 is 0 Å². The van der Waals surface area contributed by atoms with E-state index >= 15 is 0 Å². The van der Waals surface area contributed by atoms with Crippen molar-refractivity contribution in [2.24, 2.45) is 0 Å². The molecule has 0 amide bonds. The van der Waals surface area contributed by atoms with Gasteiger partial charge in [0.05, 0.1) is 23.8 Å². The Kier molecular flexibility index (Phi) is 4.57. The van der Waals surface area contributed by atoms with Crippen molar-refractivity contribution < 1.29 is 14.3 Å². The highest BCUT2D eigenvalue weighted by Gasteiger charge is 2.13. The van der Waals surface area contributed by atoms with Crippen LogP contribution in [0.15, 0.2) is 42.5 Å². The molecule has 0 fully saturated rings. The van der Waals surface area contributed by atoms with Crippen molar-refractivity contribution in [1.29, 1.82) is 5.26 Å². The Morgan fingerprint density at radius 2 is 2.00 bits per heavy atom. The van der Waals surface area contributed by atoms with E-state index < -0.39 is 5.97 Å². The Bertz CT molecular complexity index is 701. The summed E-state index contributed by atoms with van der Waals surface area (Å²) in [4.78, 5) is 12.1. The fourth-order valence-corrected chi connectivity index (χ4v) is 1.86. The highest BCUT2D eigenvalue weighted by molar-refractivity contribution is 5.91. The van der Waals surface area contributed by atoms with Gasteiger partial charge in [-0.15, -0.1) is 0 Å². The number of esters is 1. The van der Waals surface area contributed by atoms with Gasteiger partial charge in [0.25, 0.3) is 0 Å². The first-order valence-corrected chi connectivity index (χ1v) is 6.60. The largest absolute Gasteiger partial charge is 0.490 e. The summed E-state index contributed by atoms with van der Waals surface area (Å²) in [6.07, 6.45) is 0. The molecule has 0 saturated carbocycles. The van der Waals surface area contributed by atoms with E-state index in [1.54, 1.807) is 36.4 Å². The summed E-state index contributed by atoms with van der Waals surface area (Å²) in [6, 6.07) is 13.9. The summed E-state index contributed by atoms with van der Waals surface area (Å²) in [5, 5.41) is 8.90. The van der Waals surface area contributed by atoms with Crippen LogP contribution in [-0.2, 0) is 0 Å². The van der Waals surface area contributed by atoms with E-state index in [-0.39, 0.29) is 0 Å². The number of aryl methyl sites for hydroxylation is 1. The maximum absolute atomic E-state index is 12.1. The molecule has 0 bridgehead atoms. The molecule has 4 heteroatoms. The van der Waals surface area contributed by atoms with Gasteiger partial charge in [-0.2, -0.15) is 5.26 Å². The van der Waals surface area contributed by atoms with Crippen LogP contribution in [0.5, 0.6) is 11.5 Å². The van der Waals surface area contributed by atoms with E-state index in [2.05, 4.69) is 0 Å². The first kappa shape index (κ1) is 14.6. The SMILES string of the molecule is CCOc1cc(C#N)ccc1OC(=O)c1cccc(C)c1. The highest BCUT2D eigenvalue weighted by Crippen LogP contribution is 2.29. The van der Waals surface area contributed by atoms with Crippen LogP contribution < -0.4 is 9.47 Å². The summed E-state index contributed by atoms with van der Waals surface area (Å²) in [6.45, 7) is 4.15. The third-order valence-electron chi connectivity index (χ3n) is 2.83. The van der Waals surface area contributed by atoms with Crippen LogP contribution in [0.4, 0.5) is 0 Å². The van der Waals surface area contributed by atoms with Gasteiger partial charge in [-0.25, -0.2) is 4.79 Å². The average Bonchev–Trinajstić information content (AvgIpc) is 2.49. The first-order chi connectivity index (χ1) is 10.1. The van der Waals surface area contributed by atoms with Crippen molar-refractivity contribution in [3.8, 4) is 17.6 Å². The normalized spacial score (nSPS) is 9.76. The summed E-state index contributed by atoms with van der Waals surface area (Å²) in [5.41, 5.74) is 1.91. The maximum atomic E-state index is 12.1. The van der Waals surface area contributed by atoms with E-state index in [0.717, 1.165) is 5.56 Å². The second kappa shape index (κ2) is 6.58. The van der Waals surface area contributed by atoms with E-state index in [1.165, 1.54) is 0 Å². The van der Waals surface area contributed by atoms with E-state index in [0.29, 0.717) is 29.2 Å². The minimum atomic E-state index is -0.454. The zero-order chi connectivity index (χ0) is 15.2. The number of ether oxygens (including phenoxy) is 2. The number of nitrogens with zero attached hydrogens (tertiary/aromatic N) is 1. The Labute approximate surface area is 123 Å². The maximum Gasteiger partial charge on any atom is 0.343 e. The van der Waals surface area contributed by atoms with Crippen LogP contribution in [0, 0.1) is 18.3 Å². The third kappa shape index (κ3) is 3.61. The van der Waals surface area contributed by atoms with E-state index in [9.17, 15) is 4.79 Å². The smallest absolute Gasteiger partial charge is 0.343 e. The van der Waals surface area contributed by atoms with Gasteiger partial charge >= 0.3 is 5.97 Å². The monoisotopic (exact) mass is 281 g/mol. The molecule has 2 aromatic rings. The molecule has 0 heterocycles. The number of nitriles is 1. The van der Waals surface area contributed by atoms with Gasteiger partial charge < -0.3 is 9.47 Å². The van der Waals surface area contributed by atoms with Crippen molar-refractivity contribution in [2.75, 3.05) is 6.61 Å². The molecule has 0 aliphatic rings. The molecular weight excluding hydrogens is 266 g/mol. The number of hydrogen-bond acceptors (Lipinski definition) is 4. The molecule has 2 aromatic carbocycles. The van der Waals surface area contributed by atoms with Gasteiger partial charge in [0, 0.05) is 6.07 Å². The summed E-state index contributed by atoms with van der Waals surface area (Å²) >= 11 is 0. The number of benzene rings is 2. The second-order valence-electron chi connectivity index (χ2n) is 4.47. The van der Waals surface area contributed by atoms with Gasteiger partial charge in [0.2, 0.25) is 0 Å². The molecule has 0 N–H and O–H groups in total. The lowest BCUT2D eigenvalue weighted by atomic mass is 10.1. The minimum absolute atomic E-state index is 0.308. The van der Waals surface area contributed by atoms with Gasteiger partial charge in [-0.1, -0.05) is 17.7 Å². The standard InChI is InChI=1S/C17H15NO3/c1-3-20-16-10-13(11-18)7-8-15(16)21-17(19)14-6-4-5-12(2)9-14/h4-10H,3H2,1-2H3. The van der Waals surface area contributed by atoms with Crippen LogP contribution in [0.25, 0.3) is 0 Å². The molecule has 0 unspecified atom stereocenters. The molecule has 0 aliphatic heterocycles. The lowest BCUT2D eigenvalue weighted by Gasteiger charge is -2.11. The first-order valence-electron chi connectivity index (χ1n) is 6.60. The zero-order valence-electron chi connectivity index (χ0n) is 11.9. The molecule has 0 aromatic heterocycles. The average molecular weight is 281 g/mol. The molecular formula is C17H15NO3.